The number of fused-ring (bicyclic) bond motifs is 4. The maximum Gasteiger partial charge on any atom is 0.407 e. The maximum absolute atomic E-state index is 14.7. The van der Waals surface area contributed by atoms with E-state index >= 15 is 0 Å². The summed E-state index contributed by atoms with van der Waals surface area (Å²) in [6, 6.07) is 25.6. The number of imidazole rings is 2. The van der Waals surface area contributed by atoms with Gasteiger partial charge in [0.2, 0.25) is 11.8 Å². The monoisotopic (exact) mass is 1030 g/mol. The molecule has 76 heavy (non-hydrogen) atoms. The van der Waals surface area contributed by atoms with Gasteiger partial charge in [-0.15, -0.1) is 0 Å². The predicted molar refractivity (Wildman–Crippen MR) is 295 cm³/mol. The van der Waals surface area contributed by atoms with E-state index < -0.39 is 24.3 Å². The minimum Gasteiger partial charge on any atom is -0.453 e. The SMILES string of the molecule is CC[C@H](C)C(NC(=O)OC)C(=O)N1[C@H](c2nc3cc(-c4cc5ccc4CCc4ccc(c(-c6ccc7[nH]c([C@@H]8C[C@@H]9CCCC[C@@H]9N8C(=O)C(NC(=O)OC)[C@@H](C)CC)nc7c6)c4)CC5)ccc3[nH]2)C[C@@H]2CCCC[C@@H]21. The molecular weight excluding hydrogens is 953 g/mol. The van der Waals surface area contributed by atoms with E-state index in [2.05, 4.69) is 103 Å². The van der Waals surface area contributed by atoms with Gasteiger partial charge in [-0.1, -0.05) is 115 Å². The summed E-state index contributed by atoms with van der Waals surface area (Å²) in [6.07, 6.45) is 14.1. The topological polar surface area (TPSA) is 175 Å². The molecule has 4 N–H and O–H groups in total. The Hall–Kier alpha value is -6.70. The minimum atomic E-state index is -0.681. The Kier molecular flexibility index (Phi) is 14.7. The summed E-state index contributed by atoms with van der Waals surface area (Å²) in [5.74, 6) is 2.19. The number of hydrogen-bond donors (Lipinski definition) is 4. The second-order valence-corrected chi connectivity index (χ2v) is 22.9. The summed E-state index contributed by atoms with van der Waals surface area (Å²) in [7, 11) is 2.69. The third-order valence-corrected chi connectivity index (χ3v) is 18.5. The number of alkyl carbamates (subject to hydrolysis) is 2. The van der Waals surface area contributed by atoms with Crippen LogP contribution >= 0.6 is 0 Å². The lowest BCUT2D eigenvalue weighted by Gasteiger charge is -2.37. The third kappa shape index (κ3) is 9.85. The second-order valence-electron chi connectivity index (χ2n) is 22.9. The van der Waals surface area contributed by atoms with Gasteiger partial charge in [-0.2, -0.15) is 0 Å². The van der Waals surface area contributed by atoms with Gasteiger partial charge >= 0.3 is 12.2 Å². The molecule has 2 aromatic heterocycles. The average molecular weight is 1030 g/mol. The molecular formula is C62H76N8O6. The largest absolute Gasteiger partial charge is 0.453 e. The first-order chi connectivity index (χ1) is 36.9. The minimum absolute atomic E-state index is 0.0491. The summed E-state index contributed by atoms with van der Waals surface area (Å²) < 4.78 is 9.96. The number of aryl methyl sites for hydroxylation is 4. The Morgan fingerprint density at radius 3 is 1.41 bits per heavy atom. The molecule has 2 aliphatic heterocycles. The second kappa shape index (κ2) is 21.7. The molecule has 0 radical (unpaired) electrons. The van der Waals surface area contributed by atoms with Gasteiger partial charge in [0.15, 0.2) is 0 Å². The predicted octanol–water partition coefficient (Wildman–Crippen LogP) is 11.9. The number of hydrogen-bond acceptors (Lipinski definition) is 8. The summed E-state index contributed by atoms with van der Waals surface area (Å²) >= 11 is 0. The van der Waals surface area contributed by atoms with Gasteiger partial charge in [0, 0.05) is 12.1 Å². The van der Waals surface area contributed by atoms with Crippen molar-refractivity contribution in [2.45, 2.75) is 167 Å². The Labute approximate surface area is 446 Å². The molecule has 2 saturated carbocycles. The van der Waals surface area contributed by atoms with E-state index in [1.54, 1.807) is 0 Å². The molecule has 2 saturated heterocycles. The zero-order valence-electron chi connectivity index (χ0n) is 45.3. The molecule has 10 atom stereocenters. The molecule has 14 heteroatoms. The molecule has 400 valence electrons. The average Bonchev–Trinajstić information content (AvgIpc) is 4.26. The van der Waals surface area contributed by atoms with Crippen LogP contribution in [0.15, 0.2) is 72.8 Å². The Bertz CT molecular complexity index is 2940. The normalized spacial score (nSPS) is 23.8. The zero-order chi connectivity index (χ0) is 52.8. The van der Waals surface area contributed by atoms with E-state index in [1.807, 2.05) is 27.7 Å². The number of nitrogens with zero attached hydrogens (tertiary/aromatic N) is 4. The number of benzene rings is 4. The van der Waals surface area contributed by atoms with Crippen molar-refractivity contribution in [2.24, 2.45) is 23.7 Å². The number of likely N-dealkylation sites (tertiary alicyclic amines) is 2. The van der Waals surface area contributed by atoms with Gasteiger partial charge in [0.1, 0.15) is 23.7 Å². The Morgan fingerprint density at radius 2 is 1.00 bits per heavy atom. The van der Waals surface area contributed by atoms with Crippen LogP contribution in [0.5, 0.6) is 0 Å². The van der Waals surface area contributed by atoms with E-state index in [0.717, 1.165) is 135 Å². The van der Waals surface area contributed by atoms with E-state index in [-0.39, 0.29) is 47.8 Å². The van der Waals surface area contributed by atoms with E-state index in [9.17, 15) is 19.2 Å². The molecule has 0 spiro atoms. The molecule has 6 aromatic rings. The summed E-state index contributed by atoms with van der Waals surface area (Å²) in [6.45, 7) is 8.14. The maximum atomic E-state index is 14.7. The van der Waals surface area contributed by atoms with E-state index in [0.29, 0.717) is 11.8 Å². The number of H-pyrrole nitrogens is 2. The number of carbonyl (C=O) groups excluding carboxylic acids is 4. The van der Waals surface area contributed by atoms with Crippen LogP contribution in [-0.2, 0) is 44.7 Å². The molecule has 14 rings (SSSR count). The Balaban J connectivity index is 0.849. The van der Waals surface area contributed by atoms with Crippen molar-refractivity contribution >= 4 is 46.1 Å². The first-order valence-corrected chi connectivity index (χ1v) is 28.5. The number of aromatic nitrogens is 4. The third-order valence-electron chi connectivity index (χ3n) is 18.5. The number of carbonyl (C=O) groups is 4. The highest BCUT2D eigenvalue weighted by atomic mass is 16.5. The van der Waals surface area contributed by atoms with Gasteiger partial charge in [-0.25, -0.2) is 19.6 Å². The van der Waals surface area contributed by atoms with Crippen LogP contribution in [0, 0.1) is 23.7 Å². The highest BCUT2D eigenvalue weighted by Crippen LogP contribution is 2.48. The van der Waals surface area contributed by atoms with Crippen LogP contribution in [0.1, 0.15) is 151 Å². The van der Waals surface area contributed by atoms with Crippen LogP contribution in [0.2, 0.25) is 0 Å². The fourth-order valence-electron chi connectivity index (χ4n) is 13.9. The number of ether oxygens (including phenoxy) is 2. The lowest BCUT2D eigenvalue weighted by atomic mass is 9.84. The molecule has 8 aliphatic rings. The first kappa shape index (κ1) is 51.4. The lowest BCUT2D eigenvalue weighted by Crippen LogP contribution is -2.54. The quantitative estimate of drug-likeness (QED) is 0.0937. The van der Waals surface area contributed by atoms with Crippen molar-refractivity contribution in [3.05, 3.63) is 107 Å². The van der Waals surface area contributed by atoms with Crippen LogP contribution < -0.4 is 10.6 Å². The number of rotatable bonds is 12. The molecule has 4 aromatic carbocycles. The van der Waals surface area contributed by atoms with Gasteiger partial charge in [0.25, 0.3) is 0 Å². The Morgan fingerprint density at radius 1 is 0.579 bits per heavy atom. The van der Waals surface area contributed by atoms with Crippen LogP contribution in [0.3, 0.4) is 0 Å². The molecule has 14 nitrogen and oxygen atoms in total. The van der Waals surface area contributed by atoms with Gasteiger partial charge < -0.3 is 39.9 Å². The summed E-state index contributed by atoms with van der Waals surface area (Å²) in [4.78, 5) is 76.4. The van der Waals surface area contributed by atoms with E-state index in [4.69, 9.17) is 19.4 Å². The number of amides is 4. The fraction of sp³-hybridized carbons (Fsp3) is 0.516. The van der Waals surface area contributed by atoms with Crippen molar-refractivity contribution < 1.29 is 28.7 Å². The molecule has 2 unspecified atom stereocenters. The van der Waals surface area contributed by atoms with Gasteiger partial charge in [-0.3, -0.25) is 9.59 Å². The van der Waals surface area contributed by atoms with Crippen molar-refractivity contribution in [1.29, 1.82) is 0 Å². The van der Waals surface area contributed by atoms with Crippen molar-refractivity contribution in [3.63, 3.8) is 0 Å². The first-order valence-electron chi connectivity index (χ1n) is 28.5. The molecule has 4 heterocycles. The highest BCUT2D eigenvalue weighted by molar-refractivity contribution is 5.89. The van der Waals surface area contributed by atoms with Crippen molar-refractivity contribution in [3.8, 4) is 22.3 Å². The van der Waals surface area contributed by atoms with E-state index in [1.165, 1.54) is 60.4 Å². The molecule has 4 fully saturated rings. The van der Waals surface area contributed by atoms with Crippen molar-refractivity contribution in [2.75, 3.05) is 14.2 Å². The zero-order valence-corrected chi connectivity index (χ0v) is 45.3. The highest BCUT2D eigenvalue weighted by Gasteiger charge is 2.50. The summed E-state index contributed by atoms with van der Waals surface area (Å²) in [5.41, 5.74) is 13.5. The number of aromatic amines is 2. The molecule has 4 amide bonds. The molecule has 6 aliphatic carbocycles. The van der Waals surface area contributed by atoms with Crippen molar-refractivity contribution in [1.82, 2.24) is 40.4 Å². The smallest absolute Gasteiger partial charge is 0.407 e. The van der Waals surface area contributed by atoms with Crippen LogP contribution in [0.4, 0.5) is 9.59 Å². The standard InChI is InChI=1S/C62H76N8O6/c1-7-35(3)55(67-61(73)75-5)59(71)69-51-15-11-9-13-43(51)33-53(69)57-63-47-27-25-41(31-49(47)65-57)45-29-37-17-21-39(45)23-19-38-18-22-40(24-20-37)46(30-38)42-26-28-48-50(32-42)66-58(64-48)54-34-44-14-10-12-16-52(44)70(54)60(72)56(36(4)8-2)68-62(74)76-6/h17-18,21-22,25-32,35-36,43-44,51-56H,7-16,19-20,23-24,33-34H2,1-6H3,(H,63,65)(H,64,66)(H,67,73)(H,68,74)/t35-,36-,43-,44-,51-,52-,53-,54-,55?,56?/m0/s1. The van der Waals surface area contributed by atoms with Gasteiger partial charge in [-0.05, 0) is 157 Å². The fourth-order valence-corrected chi connectivity index (χ4v) is 13.9. The van der Waals surface area contributed by atoms with Gasteiger partial charge in [0.05, 0.1) is 48.4 Å². The molecule has 4 bridgehead atoms. The summed E-state index contributed by atoms with van der Waals surface area (Å²) in [5, 5.41) is 5.78. The van der Waals surface area contributed by atoms with Crippen LogP contribution in [0.25, 0.3) is 44.3 Å². The lowest BCUT2D eigenvalue weighted by molar-refractivity contribution is -0.139. The number of nitrogens with one attached hydrogen (secondary N) is 4. The van der Waals surface area contributed by atoms with Crippen LogP contribution in [-0.4, -0.2) is 92.1 Å². The number of methoxy groups -OCH3 is 2.